The van der Waals surface area contributed by atoms with Crippen molar-refractivity contribution in [3.05, 3.63) is 84.9 Å². The predicted molar refractivity (Wildman–Crippen MR) is 156 cm³/mol. The molecule has 0 saturated carbocycles. The Labute approximate surface area is 215 Å². The zero-order chi connectivity index (χ0) is 25.1. The van der Waals surface area contributed by atoms with Crippen LogP contribution in [0, 0.1) is 0 Å². The Balaban J connectivity index is 0.000000148. The van der Waals surface area contributed by atoms with E-state index in [0.29, 0.717) is 24.2 Å². The molecule has 4 aromatic carbocycles. The molecule has 2 heterocycles. The molecule has 0 amide bonds. The van der Waals surface area contributed by atoms with Gasteiger partial charge in [0.1, 0.15) is 0 Å². The molecule has 188 valence electrons. The molecule has 0 bridgehead atoms. The molecule has 2 aliphatic rings. The Bertz CT molecular complexity index is 1200. The van der Waals surface area contributed by atoms with Crippen LogP contribution >= 0.6 is 0 Å². The Morgan fingerprint density at radius 1 is 0.556 bits per heavy atom. The monoisotopic (exact) mass is 480 g/mol. The smallest absolute Gasteiger partial charge is 0.0375 e. The van der Waals surface area contributed by atoms with E-state index in [2.05, 4.69) is 109 Å². The zero-order valence-electron chi connectivity index (χ0n) is 21.7. The number of hydrogen-bond acceptors (Lipinski definition) is 4. The molecule has 4 unspecified atom stereocenters. The van der Waals surface area contributed by atoms with Gasteiger partial charge in [-0.3, -0.25) is 0 Å². The molecular weight excluding hydrogens is 440 g/mol. The maximum atomic E-state index is 6.03. The van der Waals surface area contributed by atoms with Crippen LogP contribution in [0.3, 0.4) is 0 Å². The minimum Gasteiger partial charge on any atom is -0.369 e. The van der Waals surface area contributed by atoms with Crippen molar-refractivity contribution in [2.24, 2.45) is 11.5 Å². The first kappa shape index (κ1) is 24.6. The van der Waals surface area contributed by atoms with Crippen molar-refractivity contribution < 1.29 is 0 Å². The van der Waals surface area contributed by atoms with E-state index in [9.17, 15) is 0 Å². The highest BCUT2D eigenvalue weighted by atomic mass is 15.2. The van der Waals surface area contributed by atoms with Crippen molar-refractivity contribution in [3.8, 4) is 0 Å². The van der Waals surface area contributed by atoms with Gasteiger partial charge in [0.05, 0.1) is 0 Å². The van der Waals surface area contributed by atoms with E-state index in [4.69, 9.17) is 11.5 Å². The fourth-order valence-corrected chi connectivity index (χ4v) is 5.89. The van der Waals surface area contributed by atoms with Crippen molar-refractivity contribution in [1.82, 2.24) is 0 Å². The van der Waals surface area contributed by atoms with Crippen LogP contribution in [0.15, 0.2) is 84.9 Å². The maximum Gasteiger partial charge on any atom is 0.0375 e. The van der Waals surface area contributed by atoms with E-state index in [1.165, 1.54) is 32.9 Å². The molecule has 4 heteroatoms. The number of rotatable bonds is 2. The summed E-state index contributed by atoms with van der Waals surface area (Å²) in [6.07, 6.45) is 4.37. The zero-order valence-corrected chi connectivity index (χ0v) is 21.7. The lowest BCUT2D eigenvalue weighted by atomic mass is 9.98. The molecule has 6 rings (SSSR count). The highest BCUT2D eigenvalue weighted by molar-refractivity contribution is 5.86. The van der Waals surface area contributed by atoms with Crippen molar-refractivity contribution in [2.75, 3.05) is 22.9 Å². The highest BCUT2D eigenvalue weighted by Crippen LogP contribution is 2.28. The molecule has 0 spiro atoms. The summed E-state index contributed by atoms with van der Waals surface area (Å²) in [7, 11) is 0. The van der Waals surface area contributed by atoms with Gasteiger partial charge < -0.3 is 21.3 Å². The third kappa shape index (κ3) is 5.50. The molecule has 4 atom stereocenters. The van der Waals surface area contributed by atoms with Crippen LogP contribution in [0.5, 0.6) is 0 Å². The standard InChI is InChI=1S/2C16H20N2/c2*1-12-10-15(17)8-9-18(12)16-7-6-13-4-2-3-5-14(13)11-16/h2*2-7,11-12,15H,8-10,17H2,1H3. The van der Waals surface area contributed by atoms with Gasteiger partial charge in [-0.1, -0.05) is 60.7 Å². The molecule has 2 fully saturated rings. The molecule has 4 N–H and O–H groups in total. The van der Waals surface area contributed by atoms with Crippen molar-refractivity contribution in [2.45, 2.75) is 63.7 Å². The Hall–Kier alpha value is -3.08. The van der Waals surface area contributed by atoms with Crippen LogP contribution in [-0.4, -0.2) is 37.3 Å². The first-order chi connectivity index (χ1) is 17.5. The topological polar surface area (TPSA) is 58.5 Å². The minimum atomic E-state index is 0.372. The van der Waals surface area contributed by atoms with Gasteiger partial charge in [-0.05, 0) is 85.3 Å². The Kier molecular flexibility index (Phi) is 7.45. The van der Waals surface area contributed by atoms with Crippen LogP contribution in [0.25, 0.3) is 21.5 Å². The highest BCUT2D eigenvalue weighted by Gasteiger charge is 2.24. The number of benzene rings is 4. The van der Waals surface area contributed by atoms with E-state index >= 15 is 0 Å². The average molecular weight is 481 g/mol. The normalized spacial score (nSPS) is 24.4. The van der Waals surface area contributed by atoms with Gasteiger partial charge in [-0.25, -0.2) is 0 Å². The number of fused-ring (bicyclic) bond motifs is 2. The second kappa shape index (κ2) is 10.9. The second-order valence-corrected chi connectivity index (χ2v) is 10.7. The summed E-state index contributed by atoms with van der Waals surface area (Å²) in [5.74, 6) is 0. The lowest BCUT2D eigenvalue weighted by Crippen LogP contribution is -2.45. The molecule has 0 aliphatic carbocycles. The SMILES string of the molecule is CC1CC(N)CCN1c1ccc2ccccc2c1.CC1CC(N)CCN1c1ccc2ccccc2c1. The summed E-state index contributed by atoms with van der Waals surface area (Å²) in [5.41, 5.74) is 14.7. The second-order valence-electron chi connectivity index (χ2n) is 10.7. The summed E-state index contributed by atoms with van der Waals surface area (Å²) >= 11 is 0. The molecule has 4 nitrogen and oxygen atoms in total. The van der Waals surface area contributed by atoms with Gasteiger partial charge in [-0.15, -0.1) is 0 Å². The third-order valence-corrected chi connectivity index (χ3v) is 7.96. The van der Waals surface area contributed by atoms with E-state index in [-0.39, 0.29) is 0 Å². The van der Waals surface area contributed by atoms with Crippen LogP contribution < -0.4 is 21.3 Å². The number of hydrogen-bond donors (Lipinski definition) is 2. The number of piperidine rings is 2. The molecule has 0 aromatic heterocycles. The largest absolute Gasteiger partial charge is 0.369 e. The van der Waals surface area contributed by atoms with Gasteiger partial charge >= 0.3 is 0 Å². The van der Waals surface area contributed by atoms with Crippen LogP contribution in [0.2, 0.25) is 0 Å². The fraction of sp³-hybridized carbons (Fsp3) is 0.375. The van der Waals surface area contributed by atoms with Gasteiger partial charge in [0.25, 0.3) is 0 Å². The number of nitrogens with two attached hydrogens (primary N) is 2. The van der Waals surface area contributed by atoms with E-state index in [1.54, 1.807) is 0 Å². The Morgan fingerprint density at radius 3 is 1.33 bits per heavy atom. The van der Waals surface area contributed by atoms with Crippen molar-refractivity contribution >= 4 is 32.9 Å². The van der Waals surface area contributed by atoms with E-state index < -0.39 is 0 Å². The minimum absolute atomic E-state index is 0.372. The van der Waals surface area contributed by atoms with Gasteiger partial charge in [0.2, 0.25) is 0 Å². The quantitative estimate of drug-likeness (QED) is 0.353. The summed E-state index contributed by atoms with van der Waals surface area (Å²) < 4.78 is 0. The van der Waals surface area contributed by atoms with Gasteiger partial charge in [0.15, 0.2) is 0 Å². The van der Waals surface area contributed by atoms with Crippen LogP contribution in [0.1, 0.15) is 39.5 Å². The number of nitrogens with zero attached hydrogens (tertiary/aromatic N) is 2. The van der Waals surface area contributed by atoms with E-state index in [1.807, 2.05) is 0 Å². The lowest BCUT2D eigenvalue weighted by molar-refractivity contribution is 0.430. The predicted octanol–water partition coefficient (Wildman–Crippen LogP) is 6.31. The first-order valence-corrected chi connectivity index (χ1v) is 13.5. The molecule has 2 saturated heterocycles. The lowest BCUT2D eigenvalue weighted by Gasteiger charge is -2.38. The molecule has 2 aliphatic heterocycles. The fourth-order valence-electron chi connectivity index (χ4n) is 5.89. The molecule has 4 aromatic rings. The van der Waals surface area contributed by atoms with Gasteiger partial charge in [0, 0.05) is 48.6 Å². The van der Waals surface area contributed by atoms with E-state index in [0.717, 1.165) is 38.8 Å². The number of anilines is 2. The third-order valence-electron chi connectivity index (χ3n) is 7.96. The summed E-state index contributed by atoms with van der Waals surface area (Å²) in [4.78, 5) is 4.96. The summed E-state index contributed by atoms with van der Waals surface area (Å²) in [6, 6.07) is 32.4. The first-order valence-electron chi connectivity index (χ1n) is 13.5. The van der Waals surface area contributed by atoms with Crippen LogP contribution in [-0.2, 0) is 0 Å². The summed E-state index contributed by atoms with van der Waals surface area (Å²) in [5, 5.41) is 5.25. The van der Waals surface area contributed by atoms with Gasteiger partial charge in [-0.2, -0.15) is 0 Å². The van der Waals surface area contributed by atoms with Crippen molar-refractivity contribution in [3.63, 3.8) is 0 Å². The molecule has 0 radical (unpaired) electrons. The maximum absolute atomic E-state index is 6.03. The van der Waals surface area contributed by atoms with Crippen molar-refractivity contribution in [1.29, 1.82) is 0 Å². The molecular formula is C32H40N4. The summed E-state index contributed by atoms with van der Waals surface area (Å²) in [6.45, 7) is 6.68. The molecule has 36 heavy (non-hydrogen) atoms. The van der Waals surface area contributed by atoms with Crippen LogP contribution in [0.4, 0.5) is 11.4 Å². The Morgan fingerprint density at radius 2 is 0.944 bits per heavy atom. The average Bonchev–Trinajstić information content (AvgIpc) is 2.88.